The minimum atomic E-state index is -0.523. The fourth-order valence-corrected chi connectivity index (χ4v) is 1.14. The molecule has 0 aromatic heterocycles. The van der Waals surface area contributed by atoms with E-state index in [4.69, 9.17) is 15.3 Å². The molecule has 82 valence electrons. The van der Waals surface area contributed by atoms with Crippen molar-refractivity contribution in [1.82, 2.24) is 5.43 Å². The maximum absolute atomic E-state index is 11.3. The van der Waals surface area contributed by atoms with Gasteiger partial charge in [-0.25, -0.2) is 5.84 Å². The lowest BCUT2D eigenvalue weighted by molar-refractivity contribution is 0.0950. The molecule has 0 aliphatic heterocycles. The lowest BCUT2D eigenvalue weighted by atomic mass is 10.1. The van der Waals surface area contributed by atoms with E-state index in [9.17, 15) is 9.90 Å². The molecule has 0 unspecified atom stereocenters. The molecule has 4 N–H and O–H groups in total. The van der Waals surface area contributed by atoms with Gasteiger partial charge in [-0.2, -0.15) is 0 Å². The zero-order valence-corrected chi connectivity index (χ0v) is 8.40. The fourth-order valence-electron chi connectivity index (χ4n) is 1.14. The first kappa shape index (κ1) is 11.1. The minimum absolute atomic E-state index is 0.108. The Morgan fingerprint density at radius 3 is 2.40 bits per heavy atom. The average molecular weight is 212 g/mol. The number of nitrogens with one attached hydrogen (secondary N) is 1. The third kappa shape index (κ3) is 2.10. The summed E-state index contributed by atoms with van der Waals surface area (Å²) in [5.41, 5.74) is 2.16. The normalized spacial score (nSPS) is 9.53. The fraction of sp³-hybridized carbons (Fsp3) is 0.222. The zero-order chi connectivity index (χ0) is 11.4. The molecule has 0 fully saturated rings. The van der Waals surface area contributed by atoms with Gasteiger partial charge in [0.05, 0.1) is 19.8 Å². The van der Waals surface area contributed by atoms with Crippen molar-refractivity contribution in [3.05, 3.63) is 17.7 Å². The summed E-state index contributed by atoms with van der Waals surface area (Å²) >= 11 is 0. The number of benzene rings is 1. The van der Waals surface area contributed by atoms with Gasteiger partial charge in [0, 0.05) is 12.1 Å². The standard InChI is InChI=1S/C9H12N2O4/c1-14-7-4-6(12)8(15-2)3-5(7)9(13)11-10/h3-4,12H,10H2,1-2H3,(H,11,13). The van der Waals surface area contributed by atoms with Crippen molar-refractivity contribution >= 4 is 5.91 Å². The second-order valence-electron chi connectivity index (χ2n) is 2.70. The number of hydrazine groups is 1. The summed E-state index contributed by atoms with van der Waals surface area (Å²) in [5, 5.41) is 9.43. The molecule has 1 aromatic rings. The number of aromatic hydroxyl groups is 1. The van der Waals surface area contributed by atoms with Crippen LogP contribution in [0.15, 0.2) is 12.1 Å². The number of phenolic OH excluding ortho intramolecular Hbond substituents is 1. The van der Waals surface area contributed by atoms with E-state index in [-0.39, 0.29) is 22.8 Å². The number of ether oxygens (including phenoxy) is 2. The molecule has 0 bridgehead atoms. The van der Waals surface area contributed by atoms with Gasteiger partial charge in [-0.15, -0.1) is 0 Å². The summed E-state index contributed by atoms with van der Waals surface area (Å²) in [6, 6.07) is 2.62. The van der Waals surface area contributed by atoms with E-state index >= 15 is 0 Å². The number of nitrogens with two attached hydrogens (primary N) is 1. The molecular weight excluding hydrogens is 200 g/mol. The second-order valence-corrected chi connectivity index (χ2v) is 2.70. The number of methoxy groups -OCH3 is 2. The van der Waals surface area contributed by atoms with Gasteiger partial charge in [0.1, 0.15) is 5.75 Å². The van der Waals surface area contributed by atoms with Crippen LogP contribution in [0.4, 0.5) is 0 Å². The molecule has 0 saturated carbocycles. The van der Waals surface area contributed by atoms with Crippen molar-refractivity contribution in [2.45, 2.75) is 0 Å². The largest absolute Gasteiger partial charge is 0.504 e. The van der Waals surface area contributed by atoms with Crippen LogP contribution < -0.4 is 20.7 Å². The van der Waals surface area contributed by atoms with Gasteiger partial charge in [-0.1, -0.05) is 0 Å². The predicted octanol–water partition coefficient (Wildman–Crippen LogP) is 0.0129. The summed E-state index contributed by atoms with van der Waals surface area (Å²) in [7, 11) is 2.76. The Hall–Kier alpha value is -1.95. The highest BCUT2D eigenvalue weighted by atomic mass is 16.5. The quantitative estimate of drug-likeness (QED) is 0.373. The van der Waals surface area contributed by atoms with E-state index in [2.05, 4.69) is 0 Å². The van der Waals surface area contributed by atoms with Crippen LogP contribution >= 0.6 is 0 Å². The topological polar surface area (TPSA) is 93.8 Å². The monoisotopic (exact) mass is 212 g/mol. The van der Waals surface area contributed by atoms with E-state index < -0.39 is 5.91 Å². The first-order chi connectivity index (χ1) is 7.13. The van der Waals surface area contributed by atoms with Crippen molar-refractivity contribution in [2.24, 2.45) is 5.84 Å². The van der Waals surface area contributed by atoms with E-state index in [1.165, 1.54) is 26.4 Å². The molecule has 1 aromatic carbocycles. The van der Waals surface area contributed by atoms with Crippen LogP contribution in [0.5, 0.6) is 17.2 Å². The summed E-state index contributed by atoms with van der Waals surface area (Å²) in [6.07, 6.45) is 0. The molecule has 15 heavy (non-hydrogen) atoms. The molecule has 6 heteroatoms. The number of carbonyl (C=O) groups excluding carboxylic acids is 1. The van der Waals surface area contributed by atoms with Gasteiger partial charge in [0.2, 0.25) is 0 Å². The number of hydrogen-bond acceptors (Lipinski definition) is 5. The van der Waals surface area contributed by atoms with E-state index in [0.29, 0.717) is 0 Å². The van der Waals surface area contributed by atoms with Crippen LogP contribution in [0.3, 0.4) is 0 Å². The molecular formula is C9H12N2O4. The number of nitrogen functional groups attached to an aromatic ring is 1. The van der Waals surface area contributed by atoms with Gasteiger partial charge in [-0.05, 0) is 0 Å². The van der Waals surface area contributed by atoms with Gasteiger partial charge in [0.15, 0.2) is 11.5 Å². The maximum Gasteiger partial charge on any atom is 0.269 e. The van der Waals surface area contributed by atoms with E-state index in [0.717, 1.165) is 0 Å². The average Bonchev–Trinajstić information content (AvgIpc) is 2.27. The van der Waals surface area contributed by atoms with Crippen LogP contribution in [-0.2, 0) is 0 Å². The summed E-state index contributed by atoms with van der Waals surface area (Å²) in [6.45, 7) is 0. The highest BCUT2D eigenvalue weighted by molar-refractivity contribution is 5.97. The van der Waals surface area contributed by atoms with Crippen LogP contribution in [0.1, 0.15) is 10.4 Å². The Morgan fingerprint density at radius 2 is 1.93 bits per heavy atom. The number of phenols is 1. The Kier molecular flexibility index (Phi) is 3.35. The third-order valence-electron chi connectivity index (χ3n) is 1.88. The molecule has 1 amide bonds. The van der Waals surface area contributed by atoms with Crippen LogP contribution in [0.2, 0.25) is 0 Å². The van der Waals surface area contributed by atoms with Crippen molar-refractivity contribution in [1.29, 1.82) is 0 Å². The second kappa shape index (κ2) is 4.52. The smallest absolute Gasteiger partial charge is 0.269 e. The highest BCUT2D eigenvalue weighted by Gasteiger charge is 2.15. The zero-order valence-electron chi connectivity index (χ0n) is 8.40. The van der Waals surface area contributed by atoms with Gasteiger partial charge in [0.25, 0.3) is 5.91 Å². The van der Waals surface area contributed by atoms with Crippen LogP contribution in [0, 0.1) is 0 Å². The van der Waals surface area contributed by atoms with E-state index in [1.54, 1.807) is 0 Å². The molecule has 0 heterocycles. The van der Waals surface area contributed by atoms with Crippen LogP contribution in [-0.4, -0.2) is 25.2 Å². The molecule has 0 radical (unpaired) electrons. The predicted molar refractivity (Wildman–Crippen MR) is 52.9 cm³/mol. The maximum atomic E-state index is 11.3. The number of carbonyl (C=O) groups is 1. The molecule has 0 aliphatic rings. The lowest BCUT2D eigenvalue weighted by Crippen LogP contribution is -2.30. The number of hydrogen-bond donors (Lipinski definition) is 3. The third-order valence-corrected chi connectivity index (χ3v) is 1.88. The Morgan fingerprint density at radius 1 is 1.33 bits per heavy atom. The molecule has 6 nitrogen and oxygen atoms in total. The van der Waals surface area contributed by atoms with Crippen LogP contribution in [0.25, 0.3) is 0 Å². The number of amides is 1. The highest BCUT2D eigenvalue weighted by Crippen LogP contribution is 2.33. The Balaban J connectivity index is 3.28. The molecule has 0 atom stereocenters. The molecule has 0 spiro atoms. The Bertz CT molecular complexity index is 379. The van der Waals surface area contributed by atoms with Crippen molar-refractivity contribution in [2.75, 3.05) is 14.2 Å². The van der Waals surface area contributed by atoms with Crippen molar-refractivity contribution in [3.63, 3.8) is 0 Å². The van der Waals surface area contributed by atoms with E-state index in [1.807, 2.05) is 5.43 Å². The van der Waals surface area contributed by atoms with Gasteiger partial charge < -0.3 is 14.6 Å². The molecule has 0 aliphatic carbocycles. The molecule has 1 rings (SSSR count). The summed E-state index contributed by atoms with van der Waals surface area (Å²) in [4.78, 5) is 11.3. The van der Waals surface area contributed by atoms with Crippen molar-refractivity contribution < 1.29 is 19.4 Å². The first-order valence-corrected chi connectivity index (χ1v) is 4.10. The summed E-state index contributed by atoms with van der Waals surface area (Å²) in [5.74, 6) is 4.76. The van der Waals surface area contributed by atoms with Gasteiger partial charge in [-0.3, -0.25) is 10.2 Å². The molecule has 0 saturated heterocycles. The lowest BCUT2D eigenvalue weighted by Gasteiger charge is -2.10. The minimum Gasteiger partial charge on any atom is -0.504 e. The SMILES string of the molecule is COc1cc(C(=O)NN)c(OC)cc1O. The number of rotatable bonds is 3. The van der Waals surface area contributed by atoms with Crippen molar-refractivity contribution in [3.8, 4) is 17.2 Å². The first-order valence-electron chi connectivity index (χ1n) is 4.10. The Labute approximate surface area is 86.6 Å². The van der Waals surface area contributed by atoms with Gasteiger partial charge >= 0.3 is 0 Å². The summed E-state index contributed by atoms with van der Waals surface area (Å²) < 4.78 is 9.77.